The van der Waals surface area contributed by atoms with Crippen LogP contribution in [0.5, 0.6) is 5.75 Å². The van der Waals surface area contributed by atoms with Crippen molar-refractivity contribution in [2.75, 3.05) is 45.9 Å². The third-order valence-electron chi connectivity index (χ3n) is 5.58. The summed E-state index contributed by atoms with van der Waals surface area (Å²) in [6.45, 7) is 6.18. The largest absolute Gasteiger partial charge is 0.492 e. The monoisotopic (exact) mass is 377 g/mol. The standard InChI is InChI=1S/C21H32FN3O2/c22-19-5-7-20(8-6-19)27-16-11-23-21(26)25-14-9-18(10-15-25)17-24-12-3-1-2-4-13-24/h5-8,18H,1-4,9-17H2,(H,23,26). The molecule has 150 valence electrons. The third kappa shape index (κ3) is 6.69. The van der Waals surface area contributed by atoms with E-state index in [1.54, 1.807) is 12.1 Å². The molecule has 3 rings (SSSR count). The second-order valence-corrected chi connectivity index (χ2v) is 7.68. The van der Waals surface area contributed by atoms with Gasteiger partial charge in [-0.2, -0.15) is 0 Å². The molecule has 2 heterocycles. The summed E-state index contributed by atoms with van der Waals surface area (Å²) in [5.74, 6) is 1.05. The van der Waals surface area contributed by atoms with E-state index >= 15 is 0 Å². The van der Waals surface area contributed by atoms with Crippen LogP contribution < -0.4 is 10.1 Å². The summed E-state index contributed by atoms with van der Waals surface area (Å²) in [7, 11) is 0. The maximum Gasteiger partial charge on any atom is 0.317 e. The van der Waals surface area contributed by atoms with Gasteiger partial charge >= 0.3 is 6.03 Å². The zero-order valence-corrected chi connectivity index (χ0v) is 16.2. The Kier molecular flexibility index (Phi) is 7.75. The molecule has 0 spiro atoms. The number of carbonyl (C=O) groups excluding carboxylic acids is 1. The van der Waals surface area contributed by atoms with E-state index in [-0.39, 0.29) is 11.8 Å². The molecule has 1 aromatic rings. The number of carbonyl (C=O) groups is 1. The maximum absolute atomic E-state index is 12.8. The first kappa shape index (κ1) is 19.9. The normalized spacial score (nSPS) is 19.5. The van der Waals surface area contributed by atoms with Gasteiger partial charge in [0.1, 0.15) is 18.2 Å². The minimum atomic E-state index is -0.283. The molecule has 0 aromatic heterocycles. The molecule has 2 fully saturated rings. The van der Waals surface area contributed by atoms with Crippen molar-refractivity contribution in [3.63, 3.8) is 0 Å². The van der Waals surface area contributed by atoms with Gasteiger partial charge in [0.25, 0.3) is 0 Å². The molecule has 1 N–H and O–H groups in total. The van der Waals surface area contributed by atoms with Gasteiger partial charge in [0, 0.05) is 19.6 Å². The van der Waals surface area contributed by atoms with Crippen molar-refractivity contribution < 1.29 is 13.9 Å². The van der Waals surface area contributed by atoms with E-state index in [4.69, 9.17) is 4.74 Å². The average Bonchev–Trinajstić information content (AvgIpc) is 2.96. The molecule has 27 heavy (non-hydrogen) atoms. The van der Waals surface area contributed by atoms with Gasteiger partial charge in [0.15, 0.2) is 0 Å². The molecule has 0 bridgehead atoms. The SMILES string of the molecule is O=C(NCCOc1ccc(F)cc1)N1CCC(CN2CCCCCC2)CC1. The predicted octanol–water partition coefficient (Wildman–Crippen LogP) is 3.50. The van der Waals surface area contributed by atoms with Gasteiger partial charge in [-0.3, -0.25) is 0 Å². The van der Waals surface area contributed by atoms with Crippen molar-refractivity contribution >= 4 is 6.03 Å². The van der Waals surface area contributed by atoms with Gasteiger partial charge in [-0.05, 0) is 69.0 Å². The summed E-state index contributed by atoms with van der Waals surface area (Å²) >= 11 is 0. The van der Waals surface area contributed by atoms with Crippen LogP contribution in [0.4, 0.5) is 9.18 Å². The summed E-state index contributed by atoms with van der Waals surface area (Å²) in [5, 5.41) is 2.92. The number of hydrogen-bond donors (Lipinski definition) is 1. The van der Waals surface area contributed by atoms with Crippen LogP contribution in [0.2, 0.25) is 0 Å². The third-order valence-corrected chi connectivity index (χ3v) is 5.58. The van der Waals surface area contributed by atoms with Crippen molar-refractivity contribution in [1.29, 1.82) is 0 Å². The number of benzene rings is 1. The number of piperidine rings is 1. The van der Waals surface area contributed by atoms with Crippen molar-refractivity contribution in [3.8, 4) is 5.75 Å². The Morgan fingerprint density at radius 3 is 2.37 bits per heavy atom. The van der Waals surface area contributed by atoms with Crippen LogP contribution in [-0.2, 0) is 0 Å². The number of ether oxygens (including phenoxy) is 1. The summed E-state index contributed by atoms with van der Waals surface area (Å²) < 4.78 is 18.3. The fourth-order valence-electron chi connectivity index (χ4n) is 3.97. The van der Waals surface area contributed by atoms with Crippen LogP contribution >= 0.6 is 0 Å². The van der Waals surface area contributed by atoms with E-state index in [2.05, 4.69) is 10.2 Å². The van der Waals surface area contributed by atoms with Crippen molar-refractivity contribution in [2.24, 2.45) is 5.92 Å². The molecule has 2 aliphatic rings. The molecule has 2 amide bonds. The molecule has 5 nitrogen and oxygen atoms in total. The number of amides is 2. The fraction of sp³-hybridized carbons (Fsp3) is 0.667. The molecule has 6 heteroatoms. The number of likely N-dealkylation sites (tertiary alicyclic amines) is 2. The zero-order valence-electron chi connectivity index (χ0n) is 16.2. The lowest BCUT2D eigenvalue weighted by Crippen LogP contribution is -2.46. The van der Waals surface area contributed by atoms with E-state index in [1.165, 1.54) is 57.5 Å². The topological polar surface area (TPSA) is 44.8 Å². The number of nitrogens with one attached hydrogen (secondary N) is 1. The lowest BCUT2D eigenvalue weighted by atomic mass is 9.96. The molecule has 0 unspecified atom stereocenters. The molecule has 0 saturated carbocycles. The van der Waals surface area contributed by atoms with E-state index in [0.29, 0.717) is 24.8 Å². The fourth-order valence-corrected chi connectivity index (χ4v) is 3.97. The molecular formula is C21H32FN3O2. The van der Waals surface area contributed by atoms with Crippen LogP contribution in [-0.4, -0.2) is 61.7 Å². The second-order valence-electron chi connectivity index (χ2n) is 7.68. The summed E-state index contributed by atoms with van der Waals surface area (Å²) in [6.07, 6.45) is 7.61. The van der Waals surface area contributed by atoms with Crippen molar-refractivity contribution in [2.45, 2.75) is 38.5 Å². The number of urea groups is 1. The van der Waals surface area contributed by atoms with E-state index in [1.807, 2.05) is 4.90 Å². The highest BCUT2D eigenvalue weighted by atomic mass is 19.1. The lowest BCUT2D eigenvalue weighted by Gasteiger charge is -2.34. The Morgan fingerprint density at radius 2 is 1.70 bits per heavy atom. The first-order valence-corrected chi connectivity index (χ1v) is 10.3. The molecule has 0 radical (unpaired) electrons. The minimum Gasteiger partial charge on any atom is -0.492 e. The minimum absolute atomic E-state index is 0.00840. The Bertz CT molecular complexity index is 565. The summed E-state index contributed by atoms with van der Waals surface area (Å²) in [5.41, 5.74) is 0. The van der Waals surface area contributed by atoms with Gasteiger partial charge in [-0.1, -0.05) is 12.8 Å². The second kappa shape index (κ2) is 10.5. The molecule has 0 aliphatic carbocycles. The van der Waals surface area contributed by atoms with Crippen LogP contribution in [0, 0.1) is 11.7 Å². The van der Waals surface area contributed by atoms with Gasteiger partial charge in [-0.15, -0.1) is 0 Å². The van der Waals surface area contributed by atoms with Crippen LogP contribution in [0.3, 0.4) is 0 Å². The Morgan fingerprint density at radius 1 is 1.04 bits per heavy atom. The highest BCUT2D eigenvalue weighted by Gasteiger charge is 2.24. The summed E-state index contributed by atoms with van der Waals surface area (Å²) in [4.78, 5) is 16.8. The maximum atomic E-state index is 12.8. The van der Waals surface area contributed by atoms with Gasteiger partial charge < -0.3 is 19.9 Å². The molecular weight excluding hydrogens is 345 g/mol. The average molecular weight is 378 g/mol. The highest BCUT2D eigenvalue weighted by molar-refractivity contribution is 5.74. The van der Waals surface area contributed by atoms with Crippen LogP contribution in [0.25, 0.3) is 0 Å². The highest BCUT2D eigenvalue weighted by Crippen LogP contribution is 2.20. The molecule has 2 saturated heterocycles. The van der Waals surface area contributed by atoms with Gasteiger partial charge in [0.05, 0.1) is 6.54 Å². The van der Waals surface area contributed by atoms with Gasteiger partial charge in [-0.25, -0.2) is 9.18 Å². The molecule has 0 atom stereocenters. The van der Waals surface area contributed by atoms with E-state index < -0.39 is 0 Å². The first-order chi connectivity index (χ1) is 13.2. The smallest absolute Gasteiger partial charge is 0.317 e. The Labute approximate surface area is 161 Å². The van der Waals surface area contributed by atoms with Crippen LogP contribution in [0.15, 0.2) is 24.3 Å². The van der Waals surface area contributed by atoms with Crippen LogP contribution in [0.1, 0.15) is 38.5 Å². The van der Waals surface area contributed by atoms with Crippen molar-refractivity contribution in [3.05, 3.63) is 30.1 Å². The zero-order chi connectivity index (χ0) is 18.9. The molecule has 2 aliphatic heterocycles. The summed E-state index contributed by atoms with van der Waals surface area (Å²) in [6, 6.07) is 5.90. The first-order valence-electron chi connectivity index (χ1n) is 10.3. The number of hydrogen-bond acceptors (Lipinski definition) is 3. The predicted molar refractivity (Wildman–Crippen MR) is 104 cm³/mol. The number of nitrogens with zero attached hydrogens (tertiary/aromatic N) is 2. The quantitative estimate of drug-likeness (QED) is 0.772. The van der Waals surface area contributed by atoms with Gasteiger partial charge in [0.2, 0.25) is 0 Å². The Balaban J connectivity index is 1.29. The van der Waals surface area contributed by atoms with E-state index in [9.17, 15) is 9.18 Å². The number of rotatable bonds is 6. The van der Waals surface area contributed by atoms with E-state index in [0.717, 1.165) is 25.9 Å². The Hall–Kier alpha value is -1.82. The molecule has 1 aromatic carbocycles. The number of halogens is 1. The lowest BCUT2D eigenvalue weighted by molar-refractivity contribution is 0.147. The van der Waals surface area contributed by atoms with Crippen molar-refractivity contribution in [1.82, 2.24) is 15.1 Å².